The van der Waals surface area contributed by atoms with Crippen molar-refractivity contribution in [1.82, 2.24) is 14.9 Å². The van der Waals surface area contributed by atoms with Crippen LogP contribution >= 0.6 is 0 Å². The maximum absolute atomic E-state index is 12.9. The van der Waals surface area contributed by atoms with Crippen LogP contribution < -0.4 is 10.0 Å². The van der Waals surface area contributed by atoms with Gasteiger partial charge in [-0.1, -0.05) is 61.5 Å². The van der Waals surface area contributed by atoms with Gasteiger partial charge in [-0.3, -0.25) is 0 Å². The lowest BCUT2D eigenvalue weighted by Gasteiger charge is -2.29. The average Bonchev–Trinajstić information content (AvgIpc) is 3.20. The Hall–Kier alpha value is -2.64. The van der Waals surface area contributed by atoms with Crippen molar-refractivity contribution in [3.63, 3.8) is 0 Å². The number of likely N-dealkylation sites (tertiary alicyclic amines) is 1. The molecule has 1 aliphatic heterocycles. The van der Waals surface area contributed by atoms with E-state index in [1.807, 2.05) is 12.1 Å². The summed E-state index contributed by atoms with van der Waals surface area (Å²) in [6, 6.07) is 16.0. The summed E-state index contributed by atoms with van der Waals surface area (Å²) in [5.41, 5.74) is 4.70. The van der Waals surface area contributed by atoms with Crippen LogP contribution in [0.4, 0.5) is 4.79 Å². The molecule has 0 aromatic heterocycles. The fourth-order valence-corrected chi connectivity index (χ4v) is 5.31. The summed E-state index contributed by atoms with van der Waals surface area (Å²) in [4.78, 5) is 14.7. The molecule has 1 fully saturated rings. The van der Waals surface area contributed by atoms with Gasteiger partial charge in [-0.15, -0.1) is 6.58 Å². The van der Waals surface area contributed by atoms with Crippen molar-refractivity contribution in [2.45, 2.75) is 51.6 Å². The second-order valence-electron chi connectivity index (χ2n) is 8.40. The molecule has 2 unspecified atom stereocenters. The number of hydrogen-bond acceptors (Lipinski definition) is 3. The van der Waals surface area contributed by atoms with Crippen molar-refractivity contribution in [1.29, 1.82) is 0 Å². The smallest absolute Gasteiger partial charge is 0.317 e. The third-order valence-electron chi connectivity index (χ3n) is 6.22. The fourth-order valence-electron chi connectivity index (χ4n) is 4.41. The van der Waals surface area contributed by atoms with Crippen LogP contribution in [0.1, 0.15) is 37.8 Å². The van der Waals surface area contributed by atoms with Crippen LogP contribution in [-0.4, -0.2) is 50.3 Å². The van der Waals surface area contributed by atoms with Crippen LogP contribution in [0.15, 0.2) is 61.2 Å². The van der Waals surface area contributed by atoms with E-state index in [-0.39, 0.29) is 23.9 Å². The standard InChI is InChI=1S/C26H35N3O3S/c1-4-7-16-27-26(30)29-17-15-24(28-33(31,32)6-3)25(29)19-20-11-10-13-22(18-20)23-14-9-8-12-21(23)5-2/h4,8-14,18,24-25,28H,1,5-7,15-17,19H2,2-3H3,(H,27,30). The second kappa shape index (κ2) is 11.5. The number of carbonyl (C=O) groups excluding carboxylic acids is 1. The molecule has 2 amide bonds. The zero-order chi connectivity index (χ0) is 23.8. The Morgan fingerprint density at radius 2 is 1.97 bits per heavy atom. The number of amides is 2. The summed E-state index contributed by atoms with van der Waals surface area (Å²) < 4.78 is 27.4. The number of carbonyl (C=O) groups is 1. The first-order valence-corrected chi connectivity index (χ1v) is 13.4. The molecule has 6 nitrogen and oxygen atoms in total. The Morgan fingerprint density at radius 3 is 2.70 bits per heavy atom. The fraction of sp³-hybridized carbons (Fsp3) is 0.423. The number of urea groups is 1. The minimum atomic E-state index is -3.38. The van der Waals surface area contributed by atoms with Gasteiger partial charge < -0.3 is 10.2 Å². The first kappa shape index (κ1) is 25.0. The predicted molar refractivity (Wildman–Crippen MR) is 135 cm³/mol. The molecule has 2 N–H and O–H groups in total. The zero-order valence-corrected chi connectivity index (χ0v) is 20.4. The Balaban J connectivity index is 1.87. The topological polar surface area (TPSA) is 78.5 Å². The number of nitrogens with one attached hydrogen (secondary N) is 2. The van der Waals surface area contributed by atoms with E-state index < -0.39 is 10.0 Å². The Kier molecular flexibility index (Phi) is 8.69. The Labute approximate surface area is 198 Å². The van der Waals surface area contributed by atoms with E-state index in [9.17, 15) is 13.2 Å². The molecule has 0 aliphatic carbocycles. The van der Waals surface area contributed by atoms with Gasteiger partial charge in [-0.25, -0.2) is 17.9 Å². The van der Waals surface area contributed by atoms with E-state index in [1.54, 1.807) is 17.9 Å². The van der Waals surface area contributed by atoms with Gasteiger partial charge in [0.1, 0.15) is 0 Å². The third kappa shape index (κ3) is 6.45. The SMILES string of the molecule is C=CCCNC(=O)N1CCC(NS(=O)(=O)CC)C1Cc1cccc(-c2ccccc2CC)c1. The van der Waals surface area contributed by atoms with E-state index in [2.05, 4.69) is 59.9 Å². The van der Waals surface area contributed by atoms with E-state index in [1.165, 1.54) is 11.1 Å². The maximum atomic E-state index is 12.9. The van der Waals surface area contributed by atoms with Gasteiger partial charge in [0, 0.05) is 19.1 Å². The molecule has 0 spiro atoms. The molecular formula is C26H35N3O3S. The third-order valence-corrected chi connectivity index (χ3v) is 7.65. The quantitative estimate of drug-likeness (QED) is 0.406. The number of aryl methyl sites for hydroxylation is 1. The Bertz CT molecular complexity index is 1070. The molecule has 2 aromatic rings. The van der Waals surface area contributed by atoms with E-state index in [0.29, 0.717) is 32.4 Å². The highest BCUT2D eigenvalue weighted by Gasteiger charge is 2.38. The molecule has 7 heteroatoms. The monoisotopic (exact) mass is 469 g/mol. The van der Waals surface area contributed by atoms with Gasteiger partial charge in [-0.2, -0.15) is 0 Å². The molecule has 2 atom stereocenters. The lowest BCUT2D eigenvalue weighted by atomic mass is 9.94. The average molecular weight is 470 g/mol. The normalized spacial score (nSPS) is 18.3. The van der Waals surface area contributed by atoms with Gasteiger partial charge >= 0.3 is 6.03 Å². The lowest BCUT2D eigenvalue weighted by molar-refractivity contribution is 0.189. The summed E-state index contributed by atoms with van der Waals surface area (Å²) >= 11 is 0. The zero-order valence-electron chi connectivity index (χ0n) is 19.6. The van der Waals surface area contributed by atoms with Crippen molar-refractivity contribution in [3.05, 3.63) is 72.3 Å². The van der Waals surface area contributed by atoms with Gasteiger partial charge in [-0.05, 0) is 54.9 Å². The van der Waals surface area contributed by atoms with Crippen LogP contribution in [0.3, 0.4) is 0 Å². The molecule has 33 heavy (non-hydrogen) atoms. The van der Waals surface area contributed by atoms with E-state index >= 15 is 0 Å². The number of rotatable bonds is 10. The number of sulfonamides is 1. The van der Waals surface area contributed by atoms with Gasteiger partial charge in [0.2, 0.25) is 10.0 Å². The highest BCUT2D eigenvalue weighted by Crippen LogP contribution is 2.28. The summed E-state index contributed by atoms with van der Waals surface area (Å²) in [5, 5.41) is 2.93. The van der Waals surface area contributed by atoms with Crippen molar-refractivity contribution >= 4 is 16.1 Å². The Morgan fingerprint density at radius 1 is 1.18 bits per heavy atom. The molecule has 1 aliphatic rings. The van der Waals surface area contributed by atoms with Crippen LogP contribution in [0, 0.1) is 0 Å². The van der Waals surface area contributed by atoms with Gasteiger partial charge in [0.05, 0.1) is 11.8 Å². The minimum Gasteiger partial charge on any atom is -0.338 e. The second-order valence-corrected chi connectivity index (χ2v) is 10.4. The summed E-state index contributed by atoms with van der Waals surface area (Å²) in [7, 11) is -3.38. The lowest BCUT2D eigenvalue weighted by Crippen LogP contribution is -2.50. The van der Waals surface area contributed by atoms with E-state index in [4.69, 9.17) is 0 Å². The van der Waals surface area contributed by atoms with Crippen molar-refractivity contribution in [3.8, 4) is 11.1 Å². The summed E-state index contributed by atoms with van der Waals surface area (Å²) in [6.45, 7) is 8.49. The molecule has 178 valence electrons. The van der Waals surface area contributed by atoms with Gasteiger partial charge in [0.25, 0.3) is 0 Å². The summed E-state index contributed by atoms with van der Waals surface area (Å²) in [5.74, 6) is 0.0189. The molecule has 0 bridgehead atoms. The van der Waals surface area contributed by atoms with Crippen molar-refractivity contribution in [2.24, 2.45) is 0 Å². The largest absolute Gasteiger partial charge is 0.338 e. The number of hydrogen-bond donors (Lipinski definition) is 2. The maximum Gasteiger partial charge on any atom is 0.317 e. The number of nitrogens with zero attached hydrogens (tertiary/aromatic N) is 1. The van der Waals surface area contributed by atoms with Crippen LogP contribution in [0.2, 0.25) is 0 Å². The first-order valence-electron chi connectivity index (χ1n) is 11.7. The minimum absolute atomic E-state index is 0.0189. The summed E-state index contributed by atoms with van der Waals surface area (Å²) in [6.07, 6.45) is 4.57. The molecule has 0 radical (unpaired) electrons. The molecule has 2 aromatic carbocycles. The highest BCUT2D eigenvalue weighted by atomic mass is 32.2. The van der Waals surface area contributed by atoms with Crippen LogP contribution in [0.25, 0.3) is 11.1 Å². The van der Waals surface area contributed by atoms with Crippen molar-refractivity contribution in [2.75, 3.05) is 18.8 Å². The van der Waals surface area contributed by atoms with E-state index in [0.717, 1.165) is 17.5 Å². The predicted octanol–water partition coefficient (Wildman–Crippen LogP) is 4.13. The first-order chi connectivity index (χ1) is 15.9. The van der Waals surface area contributed by atoms with Crippen LogP contribution in [-0.2, 0) is 22.9 Å². The molecule has 1 saturated heterocycles. The molecule has 1 heterocycles. The number of benzene rings is 2. The highest BCUT2D eigenvalue weighted by molar-refractivity contribution is 7.89. The van der Waals surface area contributed by atoms with Crippen LogP contribution in [0.5, 0.6) is 0 Å². The van der Waals surface area contributed by atoms with Gasteiger partial charge in [0.15, 0.2) is 0 Å². The molecule has 0 saturated carbocycles. The molecule has 3 rings (SSSR count). The molecular weight excluding hydrogens is 434 g/mol. The van der Waals surface area contributed by atoms with Crippen molar-refractivity contribution < 1.29 is 13.2 Å².